The fourth-order valence-corrected chi connectivity index (χ4v) is 2.88. The standard InChI is InChI=1S/C16H19NO3/c18-16(19)15-9-12-8-11(6-7-14(12)20-15)10-17-13-4-2-1-3-5-13/h6-9,13,17H,1-5,10H2,(H,18,19). The zero-order valence-electron chi connectivity index (χ0n) is 11.4. The maximum atomic E-state index is 10.9. The van der Waals surface area contributed by atoms with Gasteiger partial charge < -0.3 is 14.8 Å². The van der Waals surface area contributed by atoms with Crippen LogP contribution in [0, 0.1) is 0 Å². The Kier molecular flexibility index (Phi) is 3.74. The van der Waals surface area contributed by atoms with Crippen LogP contribution < -0.4 is 5.32 Å². The molecule has 0 aliphatic heterocycles. The molecule has 1 aromatic heterocycles. The number of furan rings is 1. The van der Waals surface area contributed by atoms with E-state index in [0.717, 1.165) is 11.9 Å². The fourth-order valence-electron chi connectivity index (χ4n) is 2.88. The molecule has 3 rings (SSSR count). The number of carboxylic acids is 1. The molecule has 1 fully saturated rings. The van der Waals surface area contributed by atoms with E-state index < -0.39 is 5.97 Å². The van der Waals surface area contributed by atoms with E-state index in [1.54, 1.807) is 6.07 Å². The molecule has 2 aromatic rings. The number of rotatable bonds is 4. The highest BCUT2D eigenvalue weighted by Gasteiger charge is 2.13. The van der Waals surface area contributed by atoms with Gasteiger partial charge in [0.05, 0.1) is 0 Å². The van der Waals surface area contributed by atoms with Gasteiger partial charge in [-0.05, 0) is 36.6 Å². The summed E-state index contributed by atoms with van der Waals surface area (Å²) in [6.07, 6.45) is 6.52. The molecule has 0 atom stereocenters. The zero-order valence-corrected chi connectivity index (χ0v) is 11.4. The fraction of sp³-hybridized carbons (Fsp3) is 0.438. The van der Waals surface area contributed by atoms with Crippen LogP contribution >= 0.6 is 0 Å². The molecule has 1 aliphatic rings. The molecule has 2 N–H and O–H groups in total. The highest BCUT2D eigenvalue weighted by atomic mass is 16.4. The second-order valence-corrected chi connectivity index (χ2v) is 5.50. The van der Waals surface area contributed by atoms with Gasteiger partial charge in [-0.25, -0.2) is 4.79 Å². The number of aromatic carboxylic acids is 1. The molecule has 4 nitrogen and oxygen atoms in total. The number of hydrogen-bond donors (Lipinski definition) is 2. The van der Waals surface area contributed by atoms with Crippen molar-refractivity contribution in [2.45, 2.75) is 44.7 Å². The normalized spacial score (nSPS) is 16.6. The van der Waals surface area contributed by atoms with Gasteiger partial charge in [0, 0.05) is 18.0 Å². The molecule has 1 aliphatic carbocycles. The van der Waals surface area contributed by atoms with E-state index >= 15 is 0 Å². The molecule has 0 amide bonds. The molecule has 0 saturated heterocycles. The SMILES string of the molecule is O=C(O)c1cc2cc(CNC3CCCCC3)ccc2o1. The first kappa shape index (κ1) is 13.2. The molecule has 0 radical (unpaired) electrons. The first-order chi connectivity index (χ1) is 9.72. The Bertz CT molecular complexity index is 611. The lowest BCUT2D eigenvalue weighted by Gasteiger charge is -2.22. The maximum Gasteiger partial charge on any atom is 0.371 e. The van der Waals surface area contributed by atoms with Crippen LogP contribution in [0.15, 0.2) is 28.7 Å². The van der Waals surface area contributed by atoms with E-state index in [0.29, 0.717) is 11.6 Å². The third kappa shape index (κ3) is 2.85. The van der Waals surface area contributed by atoms with Crippen LogP contribution in [0.25, 0.3) is 11.0 Å². The molecule has 1 aromatic carbocycles. The van der Waals surface area contributed by atoms with Crippen molar-refractivity contribution in [1.29, 1.82) is 0 Å². The summed E-state index contributed by atoms with van der Waals surface area (Å²) < 4.78 is 5.26. The zero-order chi connectivity index (χ0) is 13.9. The average Bonchev–Trinajstić information content (AvgIpc) is 2.89. The van der Waals surface area contributed by atoms with Gasteiger partial charge in [0.2, 0.25) is 5.76 Å². The van der Waals surface area contributed by atoms with E-state index in [4.69, 9.17) is 9.52 Å². The van der Waals surface area contributed by atoms with E-state index in [1.807, 2.05) is 18.2 Å². The third-order valence-corrected chi connectivity index (χ3v) is 3.99. The summed E-state index contributed by atoms with van der Waals surface area (Å²) in [5.41, 5.74) is 1.80. The summed E-state index contributed by atoms with van der Waals surface area (Å²) in [5.74, 6) is -1.03. The smallest absolute Gasteiger partial charge is 0.371 e. The van der Waals surface area contributed by atoms with Crippen molar-refractivity contribution in [1.82, 2.24) is 5.32 Å². The molecular formula is C16H19NO3. The molecule has 0 unspecified atom stereocenters. The van der Waals surface area contributed by atoms with Gasteiger partial charge >= 0.3 is 5.97 Å². The summed E-state index contributed by atoms with van der Waals surface area (Å²) in [5, 5.41) is 13.4. The third-order valence-electron chi connectivity index (χ3n) is 3.99. The quantitative estimate of drug-likeness (QED) is 0.894. The lowest BCUT2D eigenvalue weighted by molar-refractivity contribution is 0.0665. The largest absolute Gasteiger partial charge is 0.475 e. The highest BCUT2D eigenvalue weighted by Crippen LogP contribution is 2.22. The van der Waals surface area contributed by atoms with Gasteiger partial charge in [-0.2, -0.15) is 0 Å². The minimum atomic E-state index is -1.02. The van der Waals surface area contributed by atoms with Gasteiger partial charge in [0.1, 0.15) is 5.58 Å². The Morgan fingerprint density at radius 3 is 2.80 bits per heavy atom. The summed E-state index contributed by atoms with van der Waals surface area (Å²) in [7, 11) is 0. The average molecular weight is 273 g/mol. The van der Waals surface area contributed by atoms with Crippen molar-refractivity contribution in [3.8, 4) is 0 Å². The van der Waals surface area contributed by atoms with Gasteiger partial charge in [-0.3, -0.25) is 0 Å². The summed E-state index contributed by atoms with van der Waals surface area (Å²) in [6, 6.07) is 8.05. The minimum Gasteiger partial charge on any atom is -0.475 e. The Morgan fingerprint density at radius 1 is 1.25 bits per heavy atom. The van der Waals surface area contributed by atoms with Gasteiger partial charge in [0.25, 0.3) is 0 Å². The van der Waals surface area contributed by atoms with E-state index in [-0.39, 0.29) is 5.76 Å². The van der Waals surface area contributed by atoms with Crippen molar-refractivity contribution in [2.75, 3.05) is 0 Å². The van der Waals surface area contributed by atoms with Crippen LogP contribution in [-0.4, -0.2) is 17.1 Å². The number of benzene rings is 1. The number of nitrogens with one attached hydrogen (secondary N) is 1. The van der Waals surface area contributed by atoms with Gasteiger partial charge in [-0.15, -0.1) is 0 Å². The second-order valence-electron chi connectivity index (χ2n) is 5.50. The maximum absolute atomic E-state index is 10.9. The van der Waals surface area contributed by atoms with Crippen LogP contribution in [0.1, 0.15) is 48.2 Å². The summed E-state index contributed by atoms with van der Waals surface area (Å²) in [4.78, 5) is 10.9. The molecule has 0 bridgehead atoms. The molecule has 0 spiro atoms. The van der Waals surface area contributed by atoms with Crippen LogP contribution in [0.3, 0.4) is 0 Å². The molecule has 106 valence electrons. The Hall–Kier alpha value is -1.81. The van der Waals surface area contributed by atoms with Crippen molar-refractivity contribution in [2.24, 2.45) is 0 Å². The Labute approximate surface area is 117 Å². The minimum absolute atomic E-state index is 0.00242. The van der Waals surface area contributed by atoms with Gasteiger partial charge in [-0.1, -0.05) is 25.3 Å². The lowest BCUT2D eigenvalue weighted by Crippen LogP contribution is -2.30. The van der Waals surface area contributed by atoms with Crippen molar-refractivity contribution in [3.05, 3.63) is 35.6 Å². The predicted molar refractivity (Wildman–Crippen MR) is 76.9 cm³/mol. The van der Waals surface area contributed by atoms with Gasteiger partial charge in [0.15, 0.2) is 0 Å². The summed E-state index contributed by atoms with van der Waals surface area (Å²) >= 11 is 0. The van der Waals surface area contributed by atoms with E-state index in [1.165, 1.54) is 37.7 Å². The number of carbonyl (C=O) groups is 1. The van der Waals surface area contributed by atoms with Crippen LogP contribution in [-0.2, 0) is 6.54 Å². The predicted octanol–water partition coefficient (Wildman–Crippen LogP) is 3.55. The topological polar surface area (TPSA) is 62.5 Å². The monoisotopic (exact) mass is 273 g/mol. The van der Waals surface area contributed by atoms with E-state index in [9.17, 15) is 4.79 Å². The number of hydrogen-bond acceptors (Lipinski definition) is 3. The molecule has 1 heterocycles. The highest BCUT2D eigenvalue weighted by molar-refractivity contribution is 5.91. The van der Waals surface area contributed by atoms with Crippen LogP contribution in [0.5, 0.6) is 0 Å². The Morgan fingerprint density at radius 2 is 2.05 bits per heavy atom. The van der Waals surface area contributed by atoms with Crippen LogP contribution in [0.4, 0.5) is 0 Å². The number of fused-ring (bicyclic) bond motifs is 1. The molecular weight excluding hydrogens is 254 g/mol. The Balaban J connectivity index is 1.70. The first-order valence-corrected chi connectivity index (χ1v) is 7.21. The molecule has 4 heteroatoms. The summed E-state index contributed by atoms with van der Waals surface area (Å²) in [6.45, 7) is 0.828. The van der Waals surface area contributed by atoms with Crippen molar-refractivity contribution >= 4 is 16.9 Å². The second kappa shape index (κ2) is 5.67. The molecule has 20 heavy (non-hydrogen) atoms. The van der Waals surface area contributed by atoms with Crippen LogP contribution in [0.2, 0.25) is 0 Å². The lowest BCUT2D eigenvalue weighted by atomic mass is 9.95. The number of carboxylic acid groups (broad SMARTS) is 1. The van der Waals surface area contributed by atoms with Crippen molar-refractivity contribution < 1.29 is 14.3 Å². The first-order valence-electron chi connectivity index (χ1n) is 7.21. The van der Waals surface area contributed by atoms with E-state index in [2.05, 4.69) is 5.32 Å². The van der Waals surface area contributed by atoms with Crippen molar-refractivity contribution in [3.63, 3.8) is 0 Å². The molecule has 1 saturated carbocycles.